The molecule has 0 amide bonds. The van der Waals surface area contributed by atoms with Crippen LogP contribution in [-0.2, 0) is 16.6 Å². The van der Waals surface area contributed by atoms with Crippen LogP contribution in [0.4, 0.5) is 0 Å². The summed E-state index contributed by atoms with van der Waals surface area (Å²) >= 11 is 0. The number of nitrogens with one attached hydrogen (secondary N) is 1. The normalized spacial score (nSPS) is 19.2. The molecule has 2 atom stereocenters. The molecule has 1 aromatic rings. The quantitative estimate of drug-likeness (QED) is 0.829. The first-order valence-corrected chi connectivity index (χ1v) is 9.74. The van der Waals surface area contributed by atoms with Crippen molar-refractivity contribution in [2.75, 3.05) is 12.8 Å². The highest BCUT2D eigenvalue weighted by Crippen LogP contribution is 2.27. The predicted octanol–water partition coefficient (Wildman–Crippen LogP) is 4.12. The van der Waals surface area contributed by atoms with Gasteiger partial charge in [-0.05, 0) is 42.7 Å². The van der Waals surface area contributed by atoms with Crippen LogP contribution in [-0.4, -0.2) is 26.2 Å². The SMILES string of the molecule is C.C.C.CC1CCCC(CNS(C)(=O)=O)C1.Cc1cncc(CN)c1. The molecule has 5 nitrogen and oxygen atoms in total. The van der Waals surface area contributed by atoms with Crippen molar-refractivity contribution in [3.8, 4) is 0 Å². The van der Waals surface area contributed by atoms with Gasteiger partial charge in [0.05, 0.1) is 6.26 Å². The van der Waals surface area contributed by atoms with Gasteiger partial charge in [-0.3, -0.25) is 4.98 Å². The van der Waals surface area contributed by atoms with E-state index in [4.69, 9.17) is 5.73 Å². The number of hydrogen-bond acceptors (Lipinski definition) is 4. The second-order valence-corrected chi connectivity index (χ2v) is 8.17. The van der Waals surface area contributed by atoms with Crippen molar-refractivity contribution in [3.05, 3.63) is 29.6 Å². The fourth-order valence-corrected chi connectivity index (χ4v) is 3.28. The van der Waals surface area contributed by atoms with Crippen LogP contribution >= 0.6 is 0 Å². The first-order valence-electron chi connectivity index (χ1n) is 7.85. The molecule has 0 aliphatic heterocycles. The van der Waals surface area contributed by atoms with Crippen LogP contribution in [0, 0.1) is 18.8 Å². The lowest BCUT2D eigenvalue weighted by atomic mass is 9.83. The van der Waals surface area contributed by atoms with E-state index in [1.54, 1.807) is 6.20 Å². The summed E-state index contributed by atoms with van der Waals surface area (Å²) in [5.41, 5.74) is 7.64. The van der Waals surface area contributed by atoms with Gasteiger partial charge in [0.25, 0.3) is 0 Å². The summed E-state index contributed by atoms with van der Waals surface area (Å²) in [4.78, 5) is 3.98. The van der Waals surface area contributed by atoms with Crippen molar-refractivity contribution >= 4 is 10.0 Å². The zero-order chi connectivity index (χ0) is 16.6. The summed E-state index contributed by atoms with van der Waals surface area (Å²) in [5, 5.41) is 0. The molecule has 1 aliphatic rings. The number of pyridine rings is 1. The number of nitrogens with zero attached hydrogens (tertiary/aromatic N) is 1. The van der Waals surface area contributed by atoms with Crippen LogP contribution in [0.25, 0.3) is 0 Å². The third-order valence-corrected chi connectivity index (χ3v) is 4.54. The summed E-state index contributed by atoms with van der Waals surface area (Å²) in [6.45, 7) is 5.45. The van der Waals surface area contributed by atoms with Gasteiger partial charge in [0.1, 0.15) is 0 Å². The lowest BCUT2D eigenvalue weighted by molar-refractivity contribution is 0.283. The third-order valence-electron chi connectivity index (χ3n) is 3.85. The number of aryl methyl sites for hydroxylation is 1. The van der Waals surface area contributed by atoms with E-state index in [9.17, 15) is 8.42 Å². The molecule has 0 saturated heterocycles. The molecule has 0 aromatic carbocycles. The molecule has 25 heavy (non-hydrogen) atoms. The Hall–Kier alpha value is -0.980. The Kier molecular flexibility index (Phi) is 16.4. The maximum Gasteiger partial charge on any atom is 0.208 e. The Morgan fingerprint density at radius 1 is 1.24 bits per heavy atom. The molecule has 0 spiro atoms. The van der Waals surface area contributed by atoms with Gasteiger partial charge >= 0.3 is 0 Å². The topological polar surface area (TPSA) is 85.1 Å². The first kappa shape index (κ1) is 28.8. The van der Waals surface area contributed by atoms with E-state index in [0.717, 1.165) is 17.0 Å². The molecule has 2 unspecified atom stereocenters. The number of rotatable bonds is 4. The summed E-state index contributed by atoms with van der Waals surface area (Å²) in [5.74, 6) is 1.32. The van der Waals surface area contributed by atoms with E-state index in [1.807, 2.05) is 19.2 Å². The van der Waals surface area contributed by atoms with Crippen molar-refractivity contribution in [2.24, 2.45) is 17.6 Å². The largest absolute Gasteiger partial charge is 0.326 e. The Balaban J connectivity index is -0.000000362. The van der Waals surface area contributed by atoms with Gasteiger partial charge in [-0.25, -0.2) is 13.1 Å². The standard InChI is InChI=1S/C9H19NO2S.C7H10N2.3CH4/c1-8-4-3-5-9(6-8)7-10-13(2,11)12;1-6-2-7(3-8)5-9-4-6;;;/h8-10H,3-7H2,1-2H3;2,4-5H,3,8H2,1H3;3*1H4. The minimum absolute atomic E-state index is 0. The van der Waals surface area contributed by atoms with E-state index in [0.29, 0.717) is 19.0 Å². The number of nitrogens with two attached hydrogens (primary N) is 1. The summed E-state index contributed by atoms with van der Waals surface area (Å²) in [7, 11) is -2.99. The molecular formula is C19H41N3O2S. The average molecular weight is 376 g/mol. The fraction of sp³-hybridized carbons (Fsp3) is 0.737. The minimum atomic E-state index is -2.99. The molecule has 0 bridgehead atoms. The van der Waals surface area contributed by atoms with Gasteiger partial charge in [-0.1, -0.05) is 48.1 Å². The maximum absolute atomic E-state index is 10.8. The van der Waals surface area contributed by atoms with E-state index in [2.05, 4.69) is 16.6 Å². The van der Waals surface area contributed by atoms with Gasteiger partial charge in [0.15, 0.2) is 0 Å². The number of sulfonamides is 1. The van der Waals surface area contributed by atoms with Crippen LogP contribution in [0.3, 0.4) is 0 Å². The highest BCUT2D eigenvalue weighted by Gasteiger charge is 2.19. The van der Waals surface area contributed by atoms with Gasteiger partial charge < -0.3 is 5.73 Å². The van der Waals surface area contributed by atoms with Crippen molar-refractivity contribution in [2.45, 2.75) is 68.4 Å². The van der Waals surface area contributed by atoms with Gasteiger partial charge in [0.2, 0.25) is 10.0 Å². The molecule has 3 N–H and O–H groups in total. The fourth-order valence-electron chi connectivity index (χ4n) is 2.74. The van der Waals surface area contributed by atoms with Crippen molar-refractivity contribution in [1.29, 1.82) is 0 Å². The molecule has 6 heteroatoms. The highest BCUT2D eigenvalue weighted by molar-refractivity contribution is 7.88. The highest BCUT2D eigenvalue weighted by atomic mass is 32.2. The first-order chi connectivity index (χ1) is 10.3. The van der Waals surface area contributed by atoms with Crippen LogP contribution in [0.2, 0.25) is 0 Å². The minimum Gasteiger partial charge on any atom is -0.326 e. The zero-order valence-corrected chi connectivity index (χ0v) is 14.7. The smallest absolute Gasteiger partial charge is 0.208 e. The predicted molar refractivity (Wildman–Crippen MR) is 111 cm³/mol. The number of aromatic nitrogens is 1. The summed E-state index contributed by atoms with van der Waals surface area (Å²) in [6.07, 6.45) is 9.72. The maximum atomic E-state index is 10.8. The summed E-state index contributed by atoms with van der Waals surface area (Å²) < 4.78 is 24.3. The molecule has 1 fully saturated rings. The molecule has 150 valence electrons. The third kappa shape index (κ3) is 13.9. The van der Waals surface area contributed by atoms with Gasteiger partial charge in [-0.2, -0.15) is 0 Å². The van der Waals surface area contributed by atoms with Crippen LogP contribution in [0.5, 0.6) is 0 Å². The van der Waals surface area contributed by atoms with Crippen LogP contribution in [0.1, 0.15) is 66.0 Å². The Labute approximate surface area is 156 Å². The molecule has 2 rings (SSSR count). The lowest BCUT2D eigenvalue weighted by Crippen LogP contribution is -2.30. The van der Waals surface area contributed by atoms with Crippen LogP contribution < -0.4 is 10.5 Å². The second kappa shape index (κ2) is 14.2. The monoisotopic (exact) mass is 375 g/mol. The zero-order valence-electron chi connectivity index (χ0n) is 13.9. The Bertz CT molecular complexity index is 547. The van der Waals surface area contributed by atoms with E-state index < -0.39 is 10.0 Å². The van der Waals surface area contributed by atoms with Gasteiger partial charge in [-0.15, -0.1) is 0 Å². The van der Waals surface area contributed by atoms with Crippen molar-refractivity contribution in [1.82, 2.24) is 9.71 Å². The Morgan fingerprint density at radius 2 is 1.88 bits per heavy atom. The van der Waals surface area contributed by atoms with E-state index >= 15 is 0 Å². The van der Waals surface area contributed by atoms with Gasteiger partial charge in [0, 0.05) is 25.5 Å². The second-order valence-electron chi connectivity index (χ2n) is 6.33. The molecule has 1 aromatic heterocycles. The molecule has 1 aliphatic carbocycles. The van der Waals surface area contributed by atoms with E-state index in [1.165, 1.54) is 31.9 Å². The van der Waals surface area contributed by atoms with E-state index in [-0.39, 0.29) is 22.3 Å². The van der Waals surface area contributed by atoms with Crippen molar-refractivity contribution in [3.63, 3.8) is 0 Å². The van der Waals surface area contributed by atoms with Crippen LogP contribution in [0.15, 0.2) is 18.5 Å². The Morgan fingerprint density at radius 3 is 2.32 bits per heavy atom. The summed E-state index contributed by atoms with van der Waals surface area (Å²) in [6, 6.07) is 2.03. The molecule has 0 radical (unpaired) electrons. The molecule has 1 heterocycles. The number of hydrogen-bond donors (Lipinski definition) is 2. The molecular weight excluding hydrogens is 334 g/mol. The van der Waals surface area contributed by atoms with Crippen molar-refractivity contribution < 1.29 is 8.42 Å². The molecule has 1 saturated carbocycles. The average Bonchev–Trinajstić information content (AvgIpc) is 2.45. The lowest BCUT2D eigenvalue weighted by Gasteiger charge is -2.26.